The van der Waals surface area contributed by atoms with Gasteiger partial charge in [0.1, 0.15) is 12.2 Å². The molecule has 2 rings (SSSR count). The van der Waals surface area contributed by atoms with Crippen LogP contribution in [-0.4, -0.2) is 48.4 Å². The maximum Gasteiger partial charge on any atom is 0.329 e. The van der Waals surface area contributed by atoms with Crippen LogP contribution in [0.5, 0.6) is 0 Å². The van der Waals surface area contributed by atoms with Crippen molar-refractivity contribution in [2.75, 3.05) is 26.7 Å². The van der Waals surface area contributed by atoms with Gasteiger partial charge in [-0.1, -0.05) is 20.3 Å². The Bertz CT molecular complexity index is 641. The lowest BCUT2D eigenvalue weighted by atomic mass is 9.98. The summed E-state index contributed by atoms with van der Waals surface area (Å²) in [5, 5.41) is 0. The maximum atomic E-state index is 14.1. The van der Waals surface area contributed by atoms with Crippen LogP contribution in [-0.2, 0) is 16.0 Å². The summed E-state index contributed by atoms with van der Waals surface area (Å²) in [5.74, 6) is -1.63. The average molecular weight is 342 g/mol. The highest BCUT2D eigenvalue weighted by Crippen LogP contribution is 2.22. The summed E-state index contributed by atoms with van der Waals surface area (Å²) >= 11 is 0. The third-order valence-corrected chi connectivity index (χ3v) is 4.61. The van der Waals surface area contributed by atoms with Crippen molar-refractivity contribution in [1.82, 2.24) is 9.47 Å². The minimum absolute atomic E-state index is 0.174. The summed E-state index contributed by atoms with van der Waals surface area (Å²) in [6.07, 6.45) is 1.86. The zero-order valence-electron chi connectivity index (χ0n) is 14.3. The third kappa shape index (κ3) is 4.01. The molecule has 1 aromatic heterocycles. The van der Waals surface area contributed by atoms with Crippen molar-refractivity contribution in [2.45, 2.75) is 38.9 Å². The Labute approximate surface area is 140 Å². The van der Waals surface area contributed by atoms with Gasteiger partial charge in [-0.25, -0.2) is 13.6 Å². The fraction of sp³-hybridized carbons (Fsp3) is 0.647. The summed E-state index contributed by atoms with van der Waals surface area (Å²) < 4.78 is 32.8. The smallest absolute Gasteiger partial charge is 0.329 e. The fourth-order valence-electron chi connectivity index (χ4n) is 2.91. The van der Waals surface area contributed by atoms with E-state index in [1.807, 2.05) is 18.7 Å². The number of methoxy groups -OCH3 is 1. The van der Waals surface area contributed by atoms with Gasteiger partial charge in [0.25, 0.3) is 5.56 Å². The molecule has 0 aliphatic carbocycles. The van der Waals surface area contributed by atoms with Gasteiger partial charge in [-0.3, -0.25) is 14.3 Å². The van der Waals surface area contributed by atoms with Crippen molar-refractivity contribution in [3.63, 3.8) is 0 Å². The Morgan fingerprint density at radius 3 is 2.67 bits per heavy atom. The summed E-state index contributed by atoms with van der Waals surface area (Å²) in [6, 6.07) is 0.331. The molecule has 0 spiro atoms. The highest BCUT2D eigenvalue weighted by molar-refractivity contribution is 5.74. The van der Waals surface area contributed by atoms with Crippen LogP contribution in [0.3, 0.4) is 0 Å². The van der Waals surface area contributed by atoms with E-state index in [2.05, 4.69) is 0 Å². The molecule has 0 bridgehead atoms. The summed E-state index contributed by atoms with van der Waals surface area (Å²) in [5.41, 5.74) is -0.228. The standard InChI is InChI=1S/C17H24F2N2O3/c1-4-11(2)15(17(23)24-3)21-8-12(7-14(19)16(21)22)5-6-20-9-13(18)10-20/h7-8,11,13,15H,4-6,9-10H2,1-3H3. The molecule has 24 heavy (non-hydrogen) atoms. The number of rotatable bonds is 7. The first-order valence-corrected chi connectivity index (χ1v) is 8.22. The number of ether oxygens (including phenoxy) is 1. The van der Waals surface area contributed by atoms with Gasteiger partial charge in [0, 0.05) is 25.8 Å². The lowest BCUT2D eigenvalue weighted by Gasteiger charge is -2.34. The molecule has 134 valence electrons. The van der Waals surface area contributed by atoms with Crippen LogP contribution in [0.4, 0.5) is 8.78 Å². The third-order valence-electron chi connectivity index (χ3n) is 4.61. The molecule has 0 radical (unpaired) electrons. The first kappa shape index (κ1) is 18.6. The van der Waals surface area contributed by atoms with Gasteiger partial charge in [0.05, 0.1) is 7.11 Å². The highest BCUT2D eigenvalue weighted by atomic mass is 19.1. The van der Waals surface area contributed by atoms with E-state index in [-0.39, 0.29) is 5.92 Å². The van der Waals surface area contributed by atoms with Crippen molar-refractivity contribution in [2.24, 2.45) is 5.92 Å². The summed E-state index contributed by atoms with van der Waals surface area (Å²) in [6.45, 7) is 5.08. The van der Waals surface area contributed by atoms with E-state index in [1.54, 1.807) is 0 Å². The zero-order chi connectivity index (χ0) is 17.9. The monoisotopic (exact) mass is 342 g/mol. The average Bonchev–Trinajstić information content (AvgIpc) is 2.54. The number of pyridine rings is 1. The Kier molecular flexibility index (Phi) is 6.10. The van der Waals surface area contributed by atoms with Crippen LogP contribution in [0.2, 0.25) is 0 Å². The molecule has 2 heterocycles. The van der Waals surface area contributed by atoms with Gasteiger partial charge >= 0.3 is 5.97 Å². The highest BCUT2D eigenvalue weighted by Gasteiger charge is 2.29. The van der Waals surface area contributed by atoms with Crippen LogP contribution in [0, 0.1) is 11.7 Å². The summed E-state index contributed by atoms with van der Waals surface area (Å²) in [7, 11) is 1.25. The molecular formula is C17H24F2N2O3. The first-order chi connectivity index (χ1) is 11.4. The van der Waals surface area contributed by atoms with Crippen molar-refractivity contribution in [1.29, 1.82) is 0 Å². The predicted octanol–water partition coefficient (Wildman–Crippen LogP) is 1.94. The van der Waals surface area contributed by atoms with Crippen LogP contribution >= 0.6 is 0 Å². The zero-order valence-corrected chi connectivity index (χ0v) is 14.3. The number of carbonyl (C=O) groups excluding carboxylic acids is 1. The molecule has 0 aromatic carbocycles. The van der Waals surface area contributed by atoms with Gasteiger partial charge in [-0.15, -0.1) is 0 Å². The quantitative estimate of drug-likeness (QED) is 0.711. The van der Waals surface area contributed by atoms with Gasteiger partial charge in [0.2, 0.25) is 0 Å². The molecule has 7 heteroatoms. The summed E-state index contributed by atoms with van der Waals surface area (Å²) in [4.78, 5) is 26.2. The number of hydrogen-bond acceptors (Lipinski definition) is 4. The molecule has 5 nitrogen and oxygen atoms in total. The molecule has 1 aromatic rings. The number of alkyl halides is 1. The number of aromatic nitrogens is 1. The van der Waals surface area contributed by atoms with E-state index in [0.717, 1.165) is 4.57 Å². The fourth-order valence-corrected chi connectivity index (χ4v) is 2.91. The van der Waals surface area contributed by atoms with E-state index in [1.165, 1.54) is 19.4 Å². The van der Waals surface area contributed by atoms with E-state index in [0.29, 0.717) is 38.0 Å². The predicted molar refractivity (Wildman–Crippen MR) is 86.2 cm³/mol. The van der Waals surface area contributed by atoms with E-state index in [4.69, 9.17) is 4.74 Å². The molecule has 2 atom stereocenters. The van der Waals surface area contributed by atoms with Crippen LogP contribution in [0.1, 0.15) is 31.9 Å². The molecule has 1 aliphatic rings. The van der Waals surface area contributed by atoms with Crippen molar-refractivity contribution < 1.29 is 18.3 Å². The van der Waals surface area contributed by atoms with E-state index >= 15 is 0 Å². The van der Waals surface area contributed by atoms with Gasteiger partial charge < -0.3 is 4.74 Å². The Hall–Kier alpha value is -1.76. The van der Waals surface area contributed by atoms with Crippen LogP contribution in [0.15, 0.2) is 17.1 Å². The Morgan fingerprint density at radius 2 is 2.12 bits per heavy atom. The largest absolute Gasteiger partial charge is 0.467 e. The number of esters is 1. The Morgan fingerprint density at radius 1 is 1.46 bits per heavy atom. The van der Waals surface area contributed by atoms with Gasteiger partial charge in [-0.2, -0.15) is 0 Å². The number of likely N-dealkylation sites (tertiary alicyclic amines) is 1. The lowest BCUT2D eigenvalue weighted by molar-refractivity contribution is -0.146. The van der Waals surface area contributed by atoms with Crippen LogP contribution in [0.25, 0.3) is 0 Å². The van der Waals surface area contributed by atoms with Crippen molar-refractivity contribution >= 4 is 5.97 Å². The second kappa shape index (κ2) is 7.88. The minimum atomic E-state index is -0.892. The number of hydrogen-bond donors (Lipinski definition) is 0. The second-order valence-electron chi connectivity index (χ2n) is 6.37. The first-order valence-electron chi connectivity index (χ1n) is 8.22. The molecular weight excluding hydrogens is 318 g/mol. The van der Waals surface area contributed by atoms with Crippen molar-refractivity contribution in [3.8, 4) is 0 Å². The number of carbonyl (C=O) groups is 1. The second-order valence-corrected chi connectivity index (χ2v) is 6.37. The molecule has 0 amide bonds. The van der Waals surface area contributed by atoms with E-state index < -0.39 is 29.6 Å². The molecule has 0 N–H and O–H groups in total. The molecule has 0 saturated carbocycles. The van der Waals surface area contributed by atoms with Gasteiger partial charge in [-0.05, 0) is 24.0 Å². The Balaban J connectivity index is 2.26. The molecule has 1 aliphatic heterocycles. The topological polar surface area (TPSA) is 51.5 Å². The normalized spacial score (nSPS) is 18.0. The molecule has 2 unspecified atom stereocenters. The van der Waals surface area contributed by atoms with Gasteiger partial charge in [0.15, 0.2) is 5.82 Å². The maximum absolute atomic E-state index is 14.1. The van der Waals surface area contributed by atoms with E-state index in [9.17, 15) is 18.4 Å². The lowest BCUT2D eigenvalue weighted by Crippen LogP contribution is -2.49. The molecule has 1 saturated heterocycles. The SMILES string of the molecule is CCC(C)C(C(=O)OC)n1cc(CCN2CC(F)C2)cc(F)c1=O. The number of nitrogens with zero attached hydrogens (tertiary/aromatic N) is 2. The van der Waals surface area contributed by atoms with Crippen molar-refractivity contribution in [3.05, 3.63) is 34.0 Å². The molecule has 1 fully saturated rings. The number of halogens is 2. The van der Waals surface area contributed by atoms with Crippen LogP contribution < -0.4 is 5.56 Å². The minimum Gasteiger partial charge on any atom is -0.467 e.